The van der Waals surface area contributed by atoms with Crippen molar-refractivity contribution in [3.8, 4) is 0 Å². The highest BCUT2D eigenvalue weighted by Gasteiger charge is 2.51. The first-order valence-electron chi connectivity index (χ1n) is 8.30. The molecule has 0 unspecified atom stereocenters. The number of para-hydroxylation sites is 1. The van der Waals surface area contributed by atoms with Gasteiger partial charge in [0.2, 0.25) is 0 Å². The van der Waals surface area contributed by atoms with E-state index in [-0.39, 0.29) is 6.61 Å². The van der Waals surface area contributed by atoms with Gasteiger partial charge in [-0.3, -0.25) is 14.4 Å². The Labute approximate surface area is 154 Å². The molecule has 2 heterocycles. The van der Waals surface area contributed by atoms with Gasteiger partial charge in [-0.25, -0.2) is 4.68 Å². The number of benzene rings is 1. The van der Waals surface area contributed by atoms with Crippen molar-refractivity contribution >= 4 is 28.9 Å². The van der Waals surface area contributed by atoms with Gasteiger partial charge in [-0.05, 0) is 12.1 Å². The van der Waals surface area contributed by atoms with Crippen LogP contribution < -0.4 is 0 Å². The summed E-state index contributed by atoms with van der Waals surface area (Å²) in [5.41, 5.74) is 1.27. The number of esters is 3. The fourth-order valence-electron chi connectivity index (χ4n) is 2.96. The Kier molecular flexibility index (Phi) is 5.36. The highest BCUT2D eigenvalue weighted by atomic mass is 16.7. The summed E-state index contributed by atoms with van der Waals surface area (Å²) in [6, 6.07) is 7.17. The monoisotopic (exact) mass is 377 g/mol. The second kappa shape index (κ2) is 7.70. The fraction of sp³-hybridized carbons (Fsp3) is 0.471. The second-order valence-corrected chi connectivity index (χ2v) is 6.04. The van der Waals surface area contributed by atoms with E-state index in [1.54, 1.807) is 18.2 Å². The van der Waals surface area contributed by atoms with E-state index in [0.29, 0.717) is 11.0 Å². The fourth-order valence-corrected chi connectivity index (χ4v) is 2.96. The van der Waals surface area contributed by atoms with E-state index in [0.717, 1.165) is 0 Å². The molecule has 0 aliphatic carbocycles. The van der Waals surface area contributed by atoms with E-state index in [4.69, 9.17) is 18.9 Å². The Balaban J connectivity index is 1.98. The summed E-state index contributed by atoms with van der Waals surface area (Å²) in [4.78, 5) is 34.4. The van der Waals surface area contributed by atoms with Crippen LogP contribution in [0.4, 0.5) is 0 Å². The molecular formula is C17H19N3O7. The van der Waals surface area contributed by atoms with Gasteiger partial charge in [-0.15, -0.1) is 5.10 Å². The van der Waals surface area contributed by atoms with Gasteiger partial charge in [0.25, 0.3) is 0 Å². The summed E-state index contributed by atoms with van der Waals surface area (Å²) in [6.45, 7) is 3.54. The molecule has 2 aromatic rings. The summed E-state index contributed by atoms with van der Waals surface area (Å²) >= 11 is 0. The van der Waals surface area contributed by atoms with Crippen molar-refractivity contribution in [1.82, 2.24) is 15.0 Å². The van der Waals surface area contributed by atoms with Crippen LogP contribution in [0.25, 0.3) is 11.0 Å². The Hall–Kier alpha value is -3.01. The van der Waals surface area contributed by atoms with Crippen LogP contribution in [0.1, 0.15) is 27.0 Å². The minimum absolute atomic E-state index is 0.172. The Morgan fingerprint density at radius 3 is 2.37 bits per heavy atom. The summed E-state index contributed by atoms with van der Waals surface area (Å²) in [5.74, 6) is -1.68. The Morgan fingerprint density at radius 2 is 1.70 bits per heavy atom. The molecule has 4 atom stereocenters. The van der Waals surface area contributed by atoms with Crippen LogP contribution in [0.5, 0.6) is 0 Å². The van der Waals surface area contributed by atoms with Crippen LogP contribution in [0.15, 0.2) is 24.3 Å². The molecule has 1 aromatic carbocycles. The molecule has 27 heavy (non-hydrogen) atoms. The predicted octanol–water partition coefficient (Wildman–Crippen LogP) is 0.755. The lowest BCUT2D eigenvalue weighted by Crippen LogP contribution is -2.40. The third kappa shape index (κ3) is 4.05. The third-order valence-corrected chi connectivity index (χ3v) is 3.96. The summed E-state index contributed by atoms with van der Waals surface area (Å²) in [6.07, 6.45) is -3.71. The van der Waals surface area contributed by atoms with Crippen LogP contribution in [0.3, 0.4) is 0 Å². The standard InChI is InChI=1S/C17H19N3O7/c1-9(21)24-8-14-15(25-10(2)22)16(26-11(3)23)17(27-14)20-13-7-5-4-6-12(13)18-19-20/h4-7,14-17H,8H2,1-3H3/t14-,15-,16-,17-/m1/s1. The van der Waals surface area contributed by atoms with Crippen LogP contribution in [0.2, 0.25) is 0 Å². The summed E-state index contributed by atoms with van der Waals surface area (Å²) in [7, 11) is 0. The Morgan fingerprint density at radius 1 is 1.04 bits per heavy atom. The molecule has 0 amide bonds. The highest BCUT2D eigenvalue weighted by molar-refractivity contribution is 5.74. The number of fused-ring (bicyclic) bond motifs is 1. The van der Waals surface area contributed by atoms with E-state index >= 15 is 0 Å². The minimum Gasteiger partial charge on any atom is -0.463 e. The van der Waals surface area contributed by atoms with Crippen molar-refractivity contribution < 1.29 is 33.3 Å². The van der Waals surface area contributed by atoms with Crippen molar-refractivity contribution in [2.24, 2.45) is 0 Å². The maximum atomic E-state index is 11.6. The number of rotatable bonds is 5. The molecule has 0 spiro atoms. The average Bonchev–Trinajstić information content (AvgIpc) is 3.15. The molecule has 1 aromatic heterocycles. The maximum absolute atomic E-state index is 11.6. The van der Waals surface area contributed by atoms with E-state index in [1.165, 1.54) is 25.5 Å². The van der Waals surface area contributed by atoms with Gasteiger partial charge >= 0.3 is 17.9 Å². The second-order valence-electron chi connectivity index (χ2n) is 6.04. The number of hydrogen-bond acceptors (Lipinski definition) is 9. The summed E-state index contributed by atoms with van der Waals surface area (Å²) < 4.78 is 23.1. The molecule has 1 aliphatic rings. The Bertz CT molecular complexity index is 865. The maximum Gasteiger partial charge on any atom is 0.303 e. The van der Waals surface area contributed by atoms with E-state index in [9.17, 15) is 14.4 Å². The van der Waals surface area contributed by atoms with Gasteiger partial charge in [0.1, 0.15) is 18.2 Å². The van der Waals surface area contributed by atoms with Crippen LogP contribution in [-0.2, 0) is 33.3 Å². The van der Waals surface area contributed by atoms with Gasteiger partial charge in [-0.1, -0.05) is 17.3 Å². The smallest absolute Gasteiger partial charge is 0.303 e. The lowest BCUT2D eigenvalue weighted by Gasteiger charge is -2.23. The quantitative estimate of drug-likeness (QED) is 0.549. The van der Waals surface area contributed by atoms with Crippen molar-refractivity contribution in [3.05, 3.63) is 24.3 Å². The SMILES string of the molecule is CC(=O)OC[C@H]1O[C@@H](n2nnc3ccccc32)[C@H](OC(C)=O)[C@@H]1OC(C)=O. The van der Waals surface area contributed by atoms with Gasteiger partial charge in [0.15, 0.2) is 18.4 Å². The van der Waals surface area contributed by atoms with Crippen LogP contribution in [0, 0.1) is 0 Å². The number of ether oxygens (including phenoxy) is 4. The topological polar surface area (TPSA) is 119 Å². The van der Waals surface area contributed by atoms with Crippen molar-refractivity contribution in [3.63, 3.8) is 0 Å². The van der Waals surface area contributed by atoms with E-state index in [2.05, 4.69) is 10.3 Å². The number of hydrogen-bond donors (Lipinski definition) is 0. The predicted molar refractivity (Wildman–Crippen MR) is 89.2 cm³/mol. The van der Waals surface area contributed by atoms with Gasteiger partial charge < -0.3 is 18.9 Å². The van der Waals surface area contributed by atoms with Crippen molar-refractivity contribution in [2.45, 2.75) is 45.3 Å². The molecule has 0 radical (unpaired) electrons. The number of nitrogens with zero attached hydrogens (tertiary/aromatic N) is 3. The molecule has 0 bridgehead atoms. The lowest BCUT2D eigenvalue weighted by molar-refractivity contribution is -0.166. The number of carbonyl (C=O) groups excluding carboxylic acids is 3. The van der Waals surface area contributed by atoms with E-state index in [1.807, 2.05) is 6.07 Å². The molecular weight excluding hydrogens is 358 g/mol. The lowest BCUT2D eigenvalue weighted by atomic mass is 10.1. The van der Waals surface area contributed by atoms with Crippen LogP contribution in [-0.4, -0.2) is 57.8 Å². The molecule has 1 saturated heterocycles. The van der Waals surface area contributed by atoms with Crippen molar-refractivity contribution in [1.29, 1.82) is 0 Å². The third-order valence-electron chi connectivity index (χ3n) is 3.96. The first-order chi connectivity index (χ1) is 12.9. The van der Waals surface area contributed by atoms with Gasteiger partial charge in [-0.2, -0.15) is 0 Å². The zero-order valence-corrected chi connectivity index (χ0v) is 15.0. The largest absolute Gasteiger partial charge is 0.463 e. The van der Waals surface area contributed by atoms with Crippen molar-refractivity contribution in [2.75, 3.05) is 6.61 Å². The normalized spacial score (nSPS) is 24.6. The molecule has 10 nitrogen and oxygen atoms in total. The minimum atomic E-state index is -0.989. The first kappa shape index (κ1) is 18.8. The van der Waals surface area contributed by atoms with E-state index < -0.39 is 42.4 Å². The van der Waals surface area contributed by atoms with Gasteiger partial charge in [0.05, 0.1) is 5.52 Å². The molecule has 1 fully saturated rings. The molecule has 10 heteroatoms. The highest BCUT2D eigenvalue weighted by Crippen LogP contribution is 2.35. The molecule has 1 aliphatic heterocycles. The zero-order valence-electron chi connectivity index (χ0n) is 15.0. The van der Waals surface area contributed by atoms with Gasteiger partial charge in [0, 0.05) is 20.8 Å². The summed E-state index contributed by atoms with van der Waals surface area (Å²) in [5, 5.41) is 8.14. The average molecular weight is 377 g/mol. The number of aromatic nitrogens is 3. The molecule has 0 N–H and O–H groups in total. The molecule has 144 valence electrons. The van der Waals surface area contributed by atoms with Crippen LogP contribution >= 0.6 is 0 Å². The first-order valence-corrected chi connectivity index (χ1v) is 8.30. The molecule has 0 saturated carbocycles. The number of carbonyl (C=O) groups is 3. The zero-order chi connectivity index (χ0) is 19.6. The molecule has 3 rings (SSSR count).